The van der Waals surface area contributed by atoms with Crippen molar-refractivity contribution in [2.75, 3.05) is 0 Å². The van der Waals surface area contributed by atoms with Crippen LogP contribution in [0.3, 0.4) is 0 Å². The molecule has 0 heterocycles. The second-order valence-electron chi connectivity index (χ2n) is 3.25. The molecule has 0 spiro atoms. The van der Waals surface area contributed by atoms with Gasteiger partial charge in [-0.15, -0.1) is 0 Å². The smallest absolute Gasteiger partial charge is 0.318 e. The predicted octanol–water partition coefficient (Wildman–Crippen LogP) is 2.16. The fourth-order valence-electron chi connectivity index (χ4n) is 1.37. The van der Waals surface area contributed by atoms with Crippen molar-refractivity contribution in [2.45, 2.75) is 19.8 Å². The predicted molar refractivity (Wildman–Crippen MR) is 55.4 cm³/mol. The van der Waals surface area contributed by atoms with Crippen LogP contribution in [0.1, 0.15) is 18.9 Å². The lowest BCUT2D eigenvalue weighted by Crippen LogP contribution is -1.97. The first kappa shape index (κ1) is 11.9. The van der Waals surface area contributed by atoms with E-state index in [-0.39, 0.29) is 0 Å². The molecule has 0 atom stereocenters. The number of hydrogen-bond donors (Lipinski definition) is 1. The molecule has 1 rings (SSSR count). The molecule has 7 nitrogen and oxygen atoms in total. The van der Waals surface area contributed by atoms with E-state index in [0.29, 0.717) is 18.4 Å². The molecule has 0 saturated heterocycles. The Bertz CT molecular complexity index is 409. The van der Waals surface area contributed by atoms with Gasteiger partial charge in [0.25, 0.3) is 5.75 Å². The van der Waals surface area contributed by atoms with E-state index in [4.69, 9.17) is 0 Å². The van der Waals surface area contributed by atoms with Gasteiger partial charge in [-0.2, -0.15) is 0 Å². The summed E-state index contributed by atoms with van der Waals surface area (Å²) in [5.74, 6) is -0.894. The van der Waals surface area contributed by atoms with Crippen molar-refractivity contribution in [1.29, 1.82) is 0 Å². The molecule has 0 aliphatic carbocycles. The summed E-state index contributed by atoms with van der Waals surface area (Å²) in [6.07, 6.45) is 1.20. The minimum atomic E-state index is -0.894. The molecule has 1 aromatic rings. The van der Waals surface area contributed by atoms with E-state index in [1.165, 1.54) is 0 Å². The second kappa shape index (κ2) is 4.56. The van der Waals surface area contributed by atoms with Gasteiger partial charge in [0.15, 0.2) is 0 Å². The number of phenols is 1. The number of aryl methyl sites for hydroxylation is 1. The number of nitrogens with zero attached hydrogens (tertiary/aromatic N) is 2. The second-order valence-corrected chi connectivity index (χ2v) is 3.25. The summed E-state index contributed by atoms with van der Waals surface area (Å²) < 4.78 is 0. The van der Waals surface area contributed by atoms with Gasteiger partial charge in [0.05, 0.1) is 9.85 Å². The summed E-state index contributed by atoms with van der Waals surface area (Å²) in [5.41, 5.74) is -0.783. The first-order valence-electron chi connectivity index (χ1n) is 4.62. The number of benzene rings is 1. The SMILES string of the molecule is CCCc1cc([N+](=O)[O-])c(O)c([N+](=O)[O-])c1. The zero-order valence-electron chi connectivity index (χ0n) is 8.54. The molecule has 0 fully saturated rings. The summed E-state index contributed by atoms with van der Waals surface area (Å²) in [4.78, 5) is 19.5. The van der Waals surface area contributed by atoms with Gasteiger partial charge in [-0.1, -0.05) is 13.3 Å². The normalized spacial score (nSPS) is 10.1. The first-order valence-corrected chi connectivity index (χ1v) is 4.62. The minimum Gasteiger partial charge on any atom is -0.497 e. The average molecular weight is 226 g/mol. The maximum atomic E-state index is 10.6. The lowest BCUT2D eigenvalue weighted by Gasteiger charge is -2.02. The summed E-state index contributed by atoms with van der Waals surface area (Å²) in [6.45, 7) is 1.85. The lowest BCUT2D eigenvalue weighted by atomic mass is 10.1. The monoisotopic (exact) mass is 226 g/mol. The largest absolute Gasteiger partial charge is 0.497 e. The van der Waals surface area contributed by atoms with Crippen LogP contribution >= 0.6 is 0 Å². The van der Waals surface area contributed by atoms with Gasteiger partial charge in [0, 0.05) is 12.1 Å². The number of nitro groups is 2. The van der Waals surface area contributed by atoms with Gasteiger partial charge in [0.2, 0.25) is 0 Å². The molecular weight excluding hydrogens is 216 g/mol. The van der Waals surface area contributed by atoms with Crippen LogP contribution in [0.2, 0.25) is 0 Å². The highest BCUT2D eigenvalue weighted by molar-refractivity contribution is 5.60. The molecule has 1 aromatic carbocycles. The van der Waals surface area contributed by atoms with Crippen molar-refractivity contribution in [3.8, 4) is 5.75 Å². The van der Waals surface area contributed by atoms with Crippen LogP contribution in [0.5, 0.6) is 5.75 Å². The van der Waals surface area contributed by atoms with E-state index in [2.05, 4.69) is 0 Å². The number of phenolic OH excluding ortho intramolecular Hbond substituents is 1. The van der Waals surface area contributed by atoms with Crippen molar-refractivity contribution in [2.24, 2.45) is 0 Å². The highest BCUT2D eigenvalue weighted by atomic mass is 16.6. The quantitative estimate of drug-likeness (QED) is 0.625. The van der Waals surface area contributed by atoms with E-state index in [0.717, 1.165) is 12.1 Å². The molecule has 86 valence electrons. The van der Waals surface area contributed by atoms with Gasteiger partial charge in [-0.25, -0.2) is 0 Å². The van der Waals surface area contributed by atoms with Crippen molar-refractivity contribution in [1.82, 2.24) is 0 Å². The van der Waals surface area contributed by atoms with Crippen LogP contribution in [0.4, 0.5) is 11.4 Å². The Hall–Kier alpha value is -2.18. The Balaban J connectivity index is 3.38. The maximum absolute atomic E-state index is 10.6. The Kier molecular flexibility index (Phi) is 3.39. The number of aromatic hydroxyl groups is 1. The summed E-state index contributed by atoms with van der Waals surface area (Å²) >= 11 is 0. The molecule has 0 bridgehead atoms. The van der Waals surface area contributed by atoms with Crippen LogP contribution in [-0.4, -0.2) is 15.0 Å². The first-order chi connectivity index (χ1) is 7.47. The van der Waals surface area contributed by atoms with Gasteiger partial charge < -0.3 is 5.11 Å². The fourth-order valence-corrected chi connectivity index (χ4v) is 1.37. The molecule has 0 aromatic heterocycles. The number of hydrogen-bond acceptors (Lipinski definition) is 5. The van der Waals surface area contributed by atoms with E-state index in [1.807, 2.05) is 6.92 Å². The molecule has 0 unspecified atom stereocenters. The third-order valence-electron chi connectivity index (χ3n) is 2.06. The van der Waals surface area contributed by atoms with Crippen molar-refractivity contribution >= 4 is 11.4 Å². The van der Waals surface area contributed by atoms with Crippen LogP contribution in [0, 0.1) is 20.2 Å². The van der Waals surface area contributed by atoms with Crippen LogP contribution in [0.25, 0.3) is 0 Å². The molecule has 0 aliphatic heterocycles. The van der Waals surface area contributed by atoms with E-state index in [1.54, 1.807) is 0 Å². The maximum Gasteiger partial charge on any atom is 0.318 e. The Labute approximate surface area is 90.6 Å². The van der Waals surface area contributed by atoms with Crippen molar-refractivity contribution in [3.05, 3.63) is 37.9 Å². The topological polar surface area (TPSA) is 107 Å². The van der Waals surface area contributed by atoms with Crippen LogP contribution in [-0.2, 0) is 6.42 Å². The third-order valence-corrected chi connectivity index (χ3v) is 2.06. The van der Waals surface area contributed by atoms with Gasteiger partial charge >= 0.3 is 11.4 Å². The zero-order chi connectivity index (χ0) is 12.3. The highest BCUT2D eigenvalue weighted by Crippen LogP contribution is 2.36. The van der Waals surface area contributed by atoms with E-state index < -0.39 is 27.0 Å². The standard InChI is InChI=1S/C9H10N2O5/c1-2-3-6-4-7(10(13)14)9(12)8(5-6)11(15)16/h4-5,12H,2-3H2,1H3. The van der Waals surface area contributed by atoms with E-state index >= 15 is 0 Å². The molecular formula is C9H10N2O5. The highest BCUT2D eigenvalue weighted by Gasteiger charge is 2.25. The van der Waals surface area contributed by atoms with Gasteiger partial charge in [-0.3, -0.25) is 20.2 Å². The molecule has 0 aliphatic rings. The minimum absolute atomic E-state index is 0.471. The molecule has 1 N–H and O–H groups in total. The Morgan fingerprint density at radius 3 is 1.94 bits per heavy atom. The molecule has 0 amide bonds. The number of rotatable bonds is 4. The molecule has 0 radical (unpaired) electrons. The average Bonchev–Trinajstić information content (AvgIpc) is 2.19. The summed E-state index contributed by atoms with van der Waals surface area (Å²) in [5, 5.41) is 30.5. The zero-order valence-corrected chi connectivity index (χ0v) is 8.54. The Morgan fingerprint density at radius 1 is 1.19 bits per heavy atom. The summed E-state index contributed by atoms with van der Waals surface area (Å²) in [6, 6.07) is 2.32. The fraction of sp³-hybridized carbons (Fsp3) is 0.333. The third kappa shape index (κ3) is 2.25. The van der Waals surface area contributed by atoms with Gasteiger partial charge in [0.1, 0.15) is 0 Å². The molecule has 0 saturated carbocycles. The number of nitro benzene ring substituents is 2. The van der Waals surface area contributed by atoms with Crippen LogP contribution in [0.15, 0.2) is 12.1 Å². The Morgan fingerprint density at radius 2 is 1.62 bits per heavy atom. The van der Waals surface area contributed by atoms with Gasteiger partial charge in [-0.05, 0) is 12.0 Å². The van der Waals surface area contributed by atoms with E-state index in [9.17, 15) is 25.3 Å². The molecule has 7 heteroatoms. The lowest BCUT2D eigenvalue weighted by molar-refractivity contribution is -0.396. The van der Waals surface area contributed by atoms with Crippen LogP contribution < -0.4 is 0 Å². The van der Waals surface area contributed by atoms with Crippen molar-refractivity contribution in [3.63, 3.8) is 0 Å². The summed E-state index contributed by atoms with van der Waals surface area (Å²) in [7, 11) is 0. The van der Waals surface area contributed by atoms with Crippen molar-refractivity contribution < 1.29 is 15.0 Å². The molecule has 16 heavy (non-hydrogen) atoms.